The molecule has 0 radical (unpaired) electrons. The third-order valence-electron chi connectivity index (χ3n) is 5.61. The van der Waals surface area contributed by atoms with Crippen LogP contribution in [-0.2, 0) is 27.9 Å². The lowest BCUT2D eigenvalue weighted by atomic mass is 10.1. The molecule has 0 fully saturated rings. The molecule has 0 saturated carbocycles. The Bertz CT molecular complexity index is 1440. The van der Waals surface area contributed by atoms with Crippen LogP contribution in [0.1, 0.15) is 42.1 Å². The Labute approximate surface area is 219 Å². The Morgan fingerprint density at radius 2 is 1.95 bits per heavy atom. The number of hydrogen-bond donors (Lipinski definition) is 3. The van der Waals surface area contributed by atoms with Crippen LogP contribution in [0.2, 0.25) is 0 Å². The maximum atomic E-state index is 13.0. The first kappa shape index (κ1) is 28.4. The van der Waals surface area contributed by atoms with Crippen LogP contribution in [0.4, 0.5) is 11.4 Å². The van der Waals surface area contributed by atoms with Crippen molar-refractivity contribution in [2.24, 2.45) is 5.73 Å². The third-order valence-corrected chi connectivity index (χ3v) is 7.15. The minimum absolute atomic E-state index is 0.0188. The fourth-order valence-corrected chi connectivity index (χ4v) is 5.01. The van der Waals surface area contributed by atoms with Gasteiger partial charge in [-0.1, -0.05) is 25.1 Å². The Kier molecular flexibility index (Phi) is 8.91. The number of amides is 1. The predicted molar refractivity (Wildman–Crippen MR) is 137 cm³/mol. The number of aromatic nitrogens is 1. The van der Waals surface area contributed by atoms with E-state index in [0.29, 0.717) is 28.3 Å². The van der Waals surface area contributed by atoms with E-state index in [1.165, 1.54) is 32.4 Å². The number of carbonyl (C=O) groups is 1. The molecule has 0 aliphatic heterocycles. The average molecular weight is 548 g/mol. The van der Waals surface area contributed by atoms with E-state index < -0.39 is 20.9 Å². The third kappa shape index (κ3) is 6.58. The number of primary amides is 1. The van der Waals surface area contributed by atoms with Crippen LogP contribution in [0.15, 0.2) is 46.0 Å². The highest BCUT2D eigenvalue weighted by Crippen LogP contribution is 2.34. The van der Waals surface area contributed by atoms with Gasteiger partial charge in [0, 0.05) is 24.2 Å². The van der Waals surface area contributed by atoms with Gasteiger partial charge in [-0.2, -0.15) is 0 Å². The summed E-state index contributed by atoms with van der Waals surface area (Å²) >= 11 is 0. The van der Waals surface area contributed by atoms with Crippen molar-refractivity contribution in [1.82, 2.24) is 9.88 Å². The molecule has 204 valence electrons. The molecular formula is C24H29N5O8S. The van der Waals surface area contributed by atoms with E-state index in [1.807, 2.05) is 13.8 Å². The Balaban J connectivity index is 1.81. The van der Waals surface area contributed by atoms with Gasteiger partial charge in [0.2, 0.25) is 10.0 Å². The number of rotatable bonds is 13. The number of nitrogens with two attached hydrogens (primary N) is 1. The molecular weight excluding hydrogens is 518 g/mol. The van der Waals surface area contributed by atoms with Crippen LogP contribution in [-0.4, -0.2) is 38.1 Å². The van der Waals surface area contributed by atoms with Crippen molar-refractivity contribution in [3.05, 3.63) is 69.1 Å². The van der Waals surface area contributed by atoms with Crippen LogP contribution in [0, 0.1) is 17.0 Å². The second kappa shape index (κ2) is 11.9. The molecule has 2 aromatic carbocycles. The molecule has 1 heterocycles. The van der Waals surface area contributed by atoms with Gasteiger partial charge in [-0.15, -0.1) is 0 Å². The number of nitrogens with zero attached hydrogens (tertiary/aromatic N) is 2. The van der Waals surface area contributed by atoms with Crippen LogP contribution in [0.3, 0.4) is 0 Å². The van der Waals surface area contributed by atoms with Gasteiger partial charge in [0.05, 0.1) is 22.6 Å². The molecule has 0 unspecified atom stereocenters. The number of nitro benzene ring substituents is 1. The number of ether oxygens (including phenoxy) is 2. The molecule has 3 rings (SSSR count). The largest absolute Gasteiger partial charge is 0.493 e. The van der Waals surface area contributed by atoms with Crippen LogP contribution < -0.4 is 25.2 Å². The zero-order valence-corrected chi connectivity index (χ0v) is 22.1. The van der Waals surface area contributed by atoms with E-state index in [4.69, 9.17) is 19.7 Å². The summed E-state index contributed by atoms with van der Waals surface area (Å²) in [4.78, 5) is 22.1. The lowest BCUT2D eigenvalue weighted by Crippen LogP contribution is -2.25. The van der Waals surface area contributed by atoms with Gasteiger partial charge in [0.15, 0.2) is 18.1 Å². The topological polar surface area (TPSA) is 189 Å². The van der Waals surface area contributed by atoms with E-state index in [1.54, 1.807) is 18.2 Å². The minimum atomic E-state index is -4.09. The highest BCUT2D eigenvalue weighted by atomic mass is 32.2. The van der Waals surface area contributed by atoms with Gasteiger partial charge in [0.25, 0.3) is 11.6 Å². The molecule has 0 aliphatic rings. The zero-order valence-electron chi connectivity index (χ0n) is 21.3. The predicted octanol–water partition coefficient (Wildman–Crippen LogP) is 2.98. The van der Waals surface area contributed by atoms with Crippen molar-refractivity contribution in [2.75, 3.05) is 19.0 Å². The molecule has 4 N–H and O–H groups in total. The molecule has 1 aromatic heterocycles. The smallest absolute Gasteiger partial charge is 0.296 e. The minimum Gasteiger partial charge on any atom is -0.493 e. The quantitative estimate of drug-likeness (QED) is 0.212. The molecule has 38 heavy (non-hydrogen) atoms. The molecule has 14 heteroatoms. The van der Waals surface area contributed by atoms with Gasteiger partial charge in [0.1, 0.15) is 12.0 Å². The van der Waals surface area contributed by atoms with Crippen molar-refractivity contribution in [1.29, 1.82) is 0 Å². The SMILES string of the molecule is COc1cc(CNc2ccc(S(=O)(=O)NCc3conc3C(C)C)c(C)c2[N+](=O)[O-])ccc1OCC(N)=O. The monoisotopic (exact) mass is 547 g/mol. The molecule has 0 saturated heterocycles. The lowest BCUT2D eigenvalue weighted by Gasteiger charge is -2.14. The summed E-state index contributed by atoms with van der Waals surface area (Å²) in [5.74, 6) is 0.0445. The Morgan fingerprint density at radius 3 is 2.58 bits per heavy atom. The van der Waals surface area contributed by atoms with E-state index in [9.17, 15) is 23.3 Å². The van der Waals surface area contributed by atoms with Crippen molar-refractivity contribution in [3.63, 3.8) is 0 Å². The highest BCUT2D eigenvalue weighted by molar-refractivity contribution is 7.89. The number of nitrogens with one attached hydrogen (secondary N) is 2. The summed E-state index contributed by atoms with van der Waals surface area (Å²) < 4.78 is 44.1. The first-order valence-electron chi connectivity index (χ1n) is 11.5. The van der Waals surface area contributed by atoms with Gasteiger partial charge in [-0.05, 0) is 42.7 Å². The summed E-state index contributed by atoms with van der Waals surface area (Å²) in [5, 5.41) is 18.8. The first-order valence-corrected chi connectivity index (χ1v) is 13.0. The molecule has 0 atom stereocenters. The maximum absolute atomic E-state index is 13.0. The second-order valence-corrected chi connectivity index (χ2v) is 10.4. The number of sulfonamides is 1. The summed E-state index contributed by atoms with van der Waals surface area (Å²) in [6.07, 6.45) is 1.37. The number of hydrogen-bond acceptors (Lipinski definition) is 10. The number of methoxy groups -OCH3 is 1. The first-order chi connectivity index (χ1) is 17.9. The summed E-state index contributed by atoms with van der Waals surface area (Å²) in [5.41, 5.74) is 6.75. The molecule has 0 bridgehead atoms. The van der Waals surface area contributed by atoms with Crippen LogP contribution in [0.25, 0.3) is 0 Å². The standard InChI is InChI=1S/C24H29N5O8S/c1-14(2)23-17(12-37-28-23)11-27-38(33,34)21-8-6-18(24(15(21)3)29(31)32)26-10-16-5-7-19(20(9-16)35-4)36-13-22(25)30/h5-9,12,14,26-27H,10-11,13H2,1-4H3,(H2,25,30). The summed E-state index contributed by atoms with van der Waals surface area (Å²) in [6.45, 7) is 4.94. The highest BCUT2D eigenvalue weighted by Gasteiger charge is 2.27. The van der Waals surface area contributed by atoms with E-state index in [-0.39, 0.29) is 47.4 Å². The molecule has 1 amide bonds. The fraction of sp³-hybridized carbons (Fsp3) is 0.333. The van der Waals surface area contributed by atoms with Gasteiger partial charge in [-0.25, -0.2) is 13.1 Å². The van der Waals surface area contributed by atoms with E-state index in [0.717, 1.165) is 0 Å². The lowest BCUT2D eigenvalue weighted by molar-refractivity contribution is -0.384. The van der Waals surface area contributed by atoms with Gasteiger partial charge >= 0.3 is 0 Å². The second-order valence-electron chi connectivity index (χ2n) is 8.64. The Hall–Kier alpha value is -4.17. The molecule has 3 aromatic rings. The van der Waals surface area contributed by atoms with E-state index >= 15 is 0 Å². The van der Waals surface area contributed by atoms with Crippen molar-refractivity contribution in [3.8, 4) is 11.5 Å². The Morgan fingerprint density at radius 1 is 1.21 bits per heavy atom. The number of benzene rings is 2. The normalized spacial score (nSPS) is 11.4. The van der Waals surface area contributed by atoms with Crippen LogP contribution >= 0.6 is 0 Å². The van der Waals surface area contributed by atoms with Crippen molar-refractivity contribution >= 4 is 27.3 Å². The number of carbonyl (C=O) groups excluding carboxylic acids is 1. The molecule has 13 nitrogen and oxygen atoms in total. The number of nitro groups is 1. The fourth-order valence-electron chi connectivity index (χ4n) is 3.76. The van der Waals surface area contributed by atoms with E-state index in [2.05, 4.69) is 15.2 Å². The van der Waals surface area contributed by atoms with Crippen molar-refractivity contribution < 1.29 is 32.1 Å². The van der Waals surface area contributed by atoms with Gasteiger partial charge in [-0.3, -0.25) is 14.9 Å². The van der Waals surface area contributed by atoms with Crippen LogP contribution in [0.5, 0.6) is 11.5 Å². The average Bonchev–Trinajstić information content (AvgIpc) is 3.34. The summed E-state index contributed by atoms with van der Waals surface area (Å²) in [6, 6.07) is 7.57. The summed E-state index contributed by atoms with van der Waals surface area (Å²) in [7, 11) is -2.66. The zero-order chi connectivity index (χ0) is 28.0. The number of anilines is 1. The van der Waals surface area contributed by atoms with Gasteiger partial charge < -0.3 is 25.0 Å². The molecule has 0 aliphatic carbocycles. The van der Waals surface area contributed by atoms with Crippen molar-refractivity contribution in [2.45, 2.75) is 44.7 Å². The molecule has 0 spiro atoms. The maximum Gasteiger partial charge on any atom is 0.296 e.